The molecule has 3 rings (SSSR count). The van der Waals surface area contributed by atoms with E-state index in [1.54, 1.807) is 0 Å². The Bertz CT molecular complexity index is 1040. The van der Waals surface area contributed by atoms with E-state index < -0.39 is 41.3 Å². The van der Waals surface area contributed by atoms with Crippen LogP contribution in [0.15, 0.2) is 47.2 Å². The summed E-state index contributed by atoms with van der Waals surface area (Å²) in [5.41, 5.74) is 0.441. The number of ether oxygens (including phenoxy) is 2. The number of carbonyl (C=O) groups excluding carboxylic acids is 4. The number of hydrogen-bond donors (Lipinski definition) is 3. The molecule has 0 spiro atoms. The van der Waals surface area contributed by atoms with Gasteiger partial charge < -0.3 is 29.9 Å². The van der Waals surface area contributed by atoms with E-state index in [1.165, 1.54) is 26.5 Å². The van der Waals surface area contributed by atoms with E-state index in [9.17, 15) is 19.2 Å². The Kier molecular flexibility index (Phi) is 9.31. The molecule has 0 bridgehead atoms. The van der Waals surface area contributed by atoms with Crippen LogP contribution >= 0.6 is 0 Å². The molecule has 11 heteroatoms. The number of ketones is 1. The van der Waals surface area contributed by atoms with Crippen molar-refractivity contribution in [2.24, 2.45) is 5.41 Å². The van der Waals surface area contributed by atoms with Gasteiger partial charge >= 0.3 is 0 Å². The number of methoxy groups -OCH3 is 2. The van der Waals surface area contributed by atoms with E-state index in [-0.39, 0.29) is 24.7 Å². The average molecular weight is 501 g/mol. The van der Waals surface area contributed by atoms with Crippen molar-refractivity contribution < 1.29 is 33.2 Å². The van der Waals surface area contributed by atoms with Crippen LogP contribution in [-0.4, -0.2) is 74.2 Å². The fraction of sp³-hybridized carbons (Fsp3) is 0.480. The summed E-state index contributed by atoms with van der Waals surface area (Å²) < 4.78 is 14.9. The predicted molar refractivity (Wildman–Crippen MR) is 128 cm³/mol. The Balaban J connectivity index is 1.70. The quantitative estimate of drug-likeness (QED) is 0.342. The molecule has 3 amide bonds. The van der Waals surface area contributed by atoms with Gasteiger partial charge in [0.25, 0.3) is 5.91 Å². The fourth-order valence-corrected chi connectivity index (χ4v) is 3.72. The number of nitrogens with zero attached hydrogens (tertiary/aromatic N) is 1. The molecule has 2 aromatic rings. The van der Waals surface area contributed by atoms with Crippen LogP contribution in [-0.2, 0) is 30.3 Å². The Labute approximate surface area is 209 Å². The smallest absolute Gasteiger partial charge is 0.274 e. The van der Waals surface area contributed by atoms with Gasteiger partial charge in [0.2, 0.25) is 11.8 Å². The van der Waals surface area contributed by atoms with Crippen LogP contribution in [0.25, 0.3) is 0 Å². The van der Waals surface area contributed by atoms with Crippen molar-refractivity contribution in [3.8, 4) is 0 Å². The van der Waals surface area contributed by atoms with Crippen molar-refractivity contribution in [3.05, 3.63) is 53.9 Å². The molecule has 1 aromatic heterocycles. The molecule has 11 nitrogen and oxygen atoms in total. The highest BCUT2D eigenvalue weighted by Gasteiger charge is 2.48. The summed E-state index contributed by atoms with van der Waals surface area (Å²) in [6, 6.07) is 7.77. The number of amides is 3. The molecule has 3 N–H and O–H groups in total. The van der Waals surface area contributed by atoms with Crippen molar-refractivity contribution in [1.82, 2.24) is 21.1 Å². The lowest BCUT2D eigenvalue weighted by Crippen LogP contribution is -2.58. The molecule has 1 heterocycles. The van der Waals surface area contributed by atoms with Gasteiger partial charge in [-0.15, -0.1) is 0 Å². The molecular formula is C25H32N4O7. The largest absolute Gasteiger partial charge is 0.382 e. The molecule has 3 atom stereocenters. The van der Waals surface area contributed by atoms with Gasteiger partial charge in [0.05, 0.1) is 19.3 Å². The summed E-state index contributed by atoms with van der Waals surface area (Å²) in [5, 5.41) is 11.4. The maximum absolute atomic E-state index is 13.2. The highest BCUT2D eigenvalue weighted by molar-refractivity contribution is 5.98. The average Bonchev–Trinajstić information content (AvgIpc) is 3.38. The van der Waals surface area contributed by atoms with E-state index in [4.69, 9.17) is 9.47 Å². The molecule has 1 saturated carbocycles. The number of Topliss-reactive ketones (excluding diaryl/α,β-unsaturated/α-hetero) is 1. The van der Waals surface area contributed by atoms with Crippen LogP contribution in [0.1, 0.15) is 35.8 Å². The molecule has 0 radical (unpaired) electrons. The summed E-state index contributed by atoms with van der Waals surface area (Å²) in [6.45, 7) is 1.60. The Morgan fingerprint density at radius 1 is 0.917 bits per heavy atom. The van der Waals surface area contributed by atoms with Crippen molar-refractivity contribution in [3.63, 3.8) is 0 Å². The summed E-state index contributed by atoms with van der Waals surface area (Å²) in [6.07, 6.45) is 3.10. The Hall–Kier alpha value is -3.57. The standard InChI is InChI=1S/C25H32N4O7/c1-25(10-11-25)21(30)18(13-16-7-5-4-6-8-16)26-23(32)19(14-34-2)28-24(33)20(15-35-3)27-22(31)17-9-12-36-29-17/h4-9,12,18-20H,10-11,13-15H2,1-3H3,(H,26,32)(H,27,31)(H,28,33)/t18-,19-,20-/m0/s1. The maximum Gasteiger partial charge on any atom is 0.274 e. The topological polar surface area (TPSA) is 149 Å². The highest BCUT2D eigenvalue weighted by Crippen LogP contribution is 2.46. The second-order valence-electron chi connectivity index (χ2n) is 9.06. The third-order valence-corrected chi connectivity index (χ3v) is 6.10. The summed E-state index contributed by atoms with van der Waals surface area (Å²) in [5.74, 6) is -1.91. The molecule has 0 unspecified atom stereocenters. The summed E-state index contributed by atoms with van der Waals surface area (Å²) >= 11 is 0. The van der Waals surface area contributed by atoms with Crippen LogP contribution < -0.4 is 16.0 Å². The molecular weight excluding hydrogens is 468 g/mol. The third kappa shape index (κ3) is 7.22. The molecule has 1 aromatic carbocycles. The highest BCUT2D eigenvalue weighted by atomic mass is 16.5. The second kappa shape index (κ2) is 12.4. The van der Waals surface area contributed by atoms with Gasteiger partial charge in [0.1, 0.15) is 18.3 Å². The maximum atomic E-state index is 13.2. The van der Waals surface area contributed by atoms with E-state index in [1.807, 2.05) is 37.3 Å². The molecule has 0 saturated heterocycles. The van der Waals surface area contributed by atoms with Crippen LogP contribution in [0.4, 0.5) is 0 Å². The number of aromatic nitrogens is 1. The number of hydrogen-bond acceptors (Lipinski definition) is 8. The first-order valence-electron chi connectivity index (χ1n) is 11.7. The summed E-state index contributed by atoms with van der Waals surface area (Å²) in [4.78, 5) is 51.7. The minimum atomic E-state index is -1.11. The van der Waals surface area contributed by atoms with Gasteiger partial charge in [0, 0.05) is 25.7 Å². The van der Waals surface area contributed by atoms with Crippen molar-refractivity contribution in [2.75, 3.05) is 27.4 Å². The lowest BCUT2D eigenvalue weighted by atomic mass is 9.92. The van der Waals surface area contributed by atoms with E-state index in [2.05, 4.69) is 25.6 Å². The van der Waals surface area contributed by atoms with Gasteiger partial charge in [-0.2, -0.15) is 0 Å². The molecule has 1 aliphatic rings. The lowest BCUT2D eigenvalue weighted by molar-refractivity contribution is -0.134. The molecule has 36 heavy (non-hydrogen) atoms. The fourth-order valence-electron chi connectivity index (χ4n) is 3.72. The Morgan fingerprint density at radius 3 is 2.03 bits per heavy atom. The van der Waals surface area contributed by atoms with Crippen molar-refractivity contribution in [1.29, 1.82) is 0 Å². The van der Waals surface area contributed by atoms with E-state index in [0.29, 0.717) is 6.42 Å². The van der Waals surface area contributed by atoms with Crippen LogP contribution in [0.5, 0.6) is 0 Å². The van der Waals surface area contributed by atoms with Crippen molar-refractivity contribution >= 4 is 23.5 Å². The van der Waals surface area contributed by atoms with Gasteiger partial charge in [-0.3, -0.25) is 19.2 Å². The Morgan fingerprint density at radius 2 is 1.50 bits per heavy atom. The molecule has 1 fully saturated rings. The number of rotatable bonds is 14. The number of benzene rings is 1. The zero-order valence-electron chi connectivity index (χ0n) is 20.6. The van der Waals surface area contributed by atoms with Crippen molar-refractivity contribution in [2.45, 2.75) is 44.3 Å². The monoisotopic (exact) mass is 500 g/mol. The zero-order chi connectivity index (χ0) is 26.1. The number of nitrogens with one attached hydrogen (secondary N) is 3. The van der Waals surface area contributed by atoms with Gasteiger partial charge in [-0.25, -0.2) is 0 Å². The molecule has 0 aliphatic heterocycles. The second-order valence-corrected chi connectivity index (χ2v) is 9.06. The first-order chi connectivity index (χ1) is 17.3. The van der Waals surface area contributed by atoms with Gasteiger partial charge in [0.15, 0.2) is 11.5 Å². The molecule has 194 valence electrons. The van der Waals surface area contributed by atoms with Crippen LogP contribution in [0.2, 0.25) is 0 Å². The van der Waals surface area contributed by atoms with Gasteiger partial charge in [-0.1, -0.05) is 42.4 Å². The first-order valence-corrected chi connectivity index (χ1v) is 11.7. The zero-order valence-corrected chi connectivity index (χ0v) is 20.6. The minimum Gasteiger partial charge on any atom is -0.382 e. The predicted octanol–water partition coefficient (Wildman–Crippen LogP) is 0.647. The minimum absolute atomic E-state index is 0.00840. The number of carbonyl (C=O) groups is 4. The van der Waals surface area contributed by atoms with Gasteiger partial charge in [-0.05, 0) is 24.8 Å². The normalized spacial score (nSPS) is 16.3. The van der Waals surface area contributed by atoms with Crippen LogP contribution in [0, 0.1) is 5.41 Å². The summed E-state index contributed by atoms with van der Waals surface area (Å²) in [7, 11) is 2.77. The lowest BCUT2D eigenvalue weighted by Gasteiger charge is -2.26. The van der Waals surface area contributed by atoms with Crippen LogP contribution in [0.3, 0.4) is 0 Å². The first kappa shape index (κ1) is 27.0. The molecule has 1 aliphatic carbocycles. The van der Waals surface area contributed by atoms with E-state index >= 15 is 0 Å². The SMILES string of the molecule is COC[C@H](NC(=O)c1ccon1)C(=O)N[C@@H](COC)C(=O)N[C@@H](Cc1ccccc1)C(=O)C1(C)CC1. The van der Waals surface area contributed by atoms with E-state index in [0.717, 1.165) is 18.4 Å². The third-order valence-electron chi connectivity index (χ3n) is 6.10.